The second-order valence-corrected chi connectivity index (χ2v) is 6.93. The Hall–Kier alpha value is -3.17. The Labute approximate surface area is 162 Å². The SMILES string of the molecule is CC(=O)ON(CCc1ccc([N+](=O)[O-])cc1)C(=O)CCNC(=O)OC(C)(C)C. The van der Waals surface area contributed by atoms with Crippen molar-refractivity contribution in [3.63, 3.8) is 0 Å². The first-order valence-electron chi connectivity index (χ1n) is 8.67. The summed E-state index contributed by atoms with van der Waals surface area (Å²) in [6.07, 6.45) is -0.409. The fourth-order valence-electron chi connectivity index (χ4n) is 2.10. The van der Waals surface area contributed by atoms with Gasteiger partial charge < -0.3 is 14.9 Å². The van der Waals surface area contributed by atoms with Crippen LogP contribution in [0.2, 0.25) is 0 Å². The van der Waals surface area contributed by atoms with Crippen molar-refractivity contribution < 1.29 is 28.9 Å². The molecule has 0 bridgehead atoms. The van der Waals surface area contributed by atoms with Gasteiger partial charge in [0.15, 0.2) is 0 Å². The summed E-state index contributed by atoms with van der Waals surface area (Å²) in [6.45, 7) is 6.42. The first-order valence-corrected chi connectivity index (χ1v) is 8.67. The molecule has 0 atom stereocenters. The number of alkyl carbamates (subject to hydrolysis) is 1. The summed E-state index contributed by atoms with van der Waals surface area (Å²) in [4.78, 5) is 50.2. The number of rotatable bonds is 7. The van der Waals surface area contributed by atoms with Crippen molar-refractivity contribution in [2.75, 3.05) is 13.1 Å². The summed E-state index contributed by atoms with van der Waals surface area (Å²) < 4.78 is 5.07. The molecule has 0 heterocycles. The predicted octanol–water partition coefficient (Wildman–Crippen LogP) is 2.36. The quantitative estimate of drug-likeness (QED) is 0.554. The Bertz CT molecular complexity index is 711. The zero-order chi connectivity index (χ0) is 21.3. The fraction of sp³-hybridized carbons (Fsp3) is 0.500. The average Bonchev–Trinajstić information content (AvgIpc) is 2.56. The molecule has 1 aromatic carbocycles. The summed E-state index contributed by atoms with van der Waals surface area (Å²) in [7, 11) is 0. The van der Waals surface area contributed by atoms with E-state index in [9.17, 15) is 24.5 Å². The van der Waals surface area contributed by atoms with E-state index >= 15 is 0 Å². The Morgan fingerprint density at radius 2 is 1.79 bits per heavy atom. The van der Waals surface area contributed by atoms with Gasteiger partial charge in [-0.15, -0.1) is 0 Å². The number of hydrogen-bond donors (Lipinski definition) is 1. The summed E-state index contributed by atoms with van der Waals surface area (Å²) in [6, 6.07) is 5.85. The lowest BCUT2D eigenvalue weighted by atomic mass is 10.1. The number of carbonyl (C=O) groups is 3. The van der Waals surface area contributed by atoms with Crippen molar-refractivity contribution in [3.05, 3.63) is 39.9 Å². The van der Waals surface area contributed by atoms with E-state index in [-0.39, 0.29) is 25.2 Å². The van der Waals surface area contributed by atoms with Gasteiger partial charge in [0.2, 0.25) is 0 Å². The molecule has 0 saturated heterocycles. The zero-order valence-electron chi connectivity index (χ0n) is 16.4. The zero-order valence-corrected chi connectivity index (χ0v) is 16.4. The number of benzene rings is 1. The predicted molar refractivity (Wildman–Crippen MR) is 99.1 cm³/mol. The van der Waals surface area contributed by atoms with Gasteiger partial charge in [0, 0.05) is 32.0 Å². The van der Waals surface area contributed by atoms with E-state index in [1.807, 2.05) is 0 Å². The molecule has 0 spiro atoms. The third-order valence-corrected chi connectivity index (χ3v) is 3.27. The minimum atomic E-state index is -0.655. The molecule has 0 saturated carbocycles. The van der Waals surface area contributed by atoms with Gasteiger partial charge in [-0.1, -0.05) is 12.1 Å². The van der Waals surface area contributed by atoms with Crippen molar-refractivity contribution in [2.45, 2.75) is 46.1 Å². The smallest absolute Gasteiger partial charge is 0.407 e. The number of carbonyl (C=O) groups excluding carboxylic acids is 3. The molecule has 28 heavy (non-hydrogen) atoms. The monoisotopic (exact) mass is 395 g/mol. The highest BCUT2D eigenvalue weighted by Gasteiger charge is 2.19. The van der Waals surface area contributed by atoms with E-state index in [0.29, 0.717) is 6.42 Å². The van der Waals surface area contributed by atoms with Crippen LogP contribution < -0.4 is 5.32 Å². The highest BCUT2D eigenvalue weighted by molar-refractivity contribution is 5.78. The maximum atomic E-state index is 12.3. The van der Waals surface area contributed by atoms with Crippen LogP contribution >= 0.6 is 0 Å². The van der Waals surface area contributed by atoms with E-state index in [4.69, 9.17) is 9.57 Å². The Kier molecular flexibility index (Phi) is 8.36. The van der Waals surface area contributed by atoms with Crippen LogP contribution in [0.1, 0.15) is 39.7 Å². The molecule has 1 rings (SSSR count). The molecule has 0 aliphatic carbocycles. The normalized spacial score (nSPS) is 10.7. The average molecular weight is 395 g/mol. The number of hydroxylamine groups is 2. The van der Waals surface area contributed by atoms with Gasteiger partial charge in [-0.25, -0.2) is 4.79 Å². The van der Waals surface area contributed by atoms with Crippen molar-refractivity contribution in [1.29, 1.82) is 0 Å². The van der Waals surface area contributed by atoms with Gasteiger partial charge in [0.05, 0.1) is 11.5 Å². The van der Waals surface area contributed by atoms with Crippen molar-refractivity contribution in [3.8, 4) is 0 Å². The van der Waals surface area contributed by atoms with Gasteiger partial charge in [-0.2, -0.15) is 5.06 Å². The molecule has 10 heteroatoms. The number of nitrogens with one attached hydrogen (secondary N) is 1. The molecule has 154 valence electrons. The summed E-state index contributed by atoms with van der Waals surface area (Å²) >= 11 is 0. The number of non-ortho nitro benzene ring substituents is 1. The summed E-state index contributed by atoms with van der Waals surface area (Å²) in [5, 5.41) is 14.0. The van der Waals surface area contributed by atoms with E-state index in [1.165, 1.54) is 19.1 Å². The molecule has 0 radical (unpaired) electrons. The lowest BCUT2D eigenvalue weighted by Gasteiger charge is -2.21. The molecule has 0 aliphatic heterocycles. The van der Waals surface area contributed by atoms with Gasteiger partial charge in [-0.3, -0.25) is 19.7 Å². The third kappa shape index (κ3) is 8.97. The lowest BCUT2D eigenvalue weighted by molar-refractivity contribution is -0.384. The summed E-state index contributed by atoms with van der Waals surface area (Å²) in [5.74, 6) is -1.15. The highest BCUT2D eigenvalue weighted by Crippen LogP contribution is 2.13. The van der Waals surface area contributed by atoms with Crippen LogP contribution in [-0.2, 0) is 25.6 Å². The van der Waals surface area contributed by atoms with Gasteiger partial charge in [0.1, 0.15) is 5.60 Å². The lowest BCUT2D eigenvalue weighted by Crippen LogP contribution is -2.38. The maximum Gasteiger partial charge on any atom is 0.407 e. The molecular formula is C18H25N3O7. The number of nitrogens with zero attached hydrogens (tertiary/aromatic N) is 2. The largest absolute Gasteiger partial charge is 0.444 e. The third-order valence-electron chi connectivity index (χ3n) is 3.27. The minimum absolute atomic E-state index is 0.0169. The molecule has 0 fully saturated rings. The van der Waals surface area contributed by atoms with E-state index in [1.54, 1.807) is 32.9 Å². The van der Waals surface area contributed by atoms with E-state index < -0.39 is 28.5 Å². The maximum absolute atomic E-state index is 12.3. The molecule has 0 unspecified atom stereocenters. The van der Waals surface area contributed by atoms with Gasteiger partial charge in [-0.05, 0) is 32.8 Å². The van der Waals surface area contributed by atoms with E-state index in [2.05, 4.69) is 5.32 Å². The van der Waals surface area contributed by atoms with Crippen LogP contribution in [0.4, 0.5) is 10.5 Å². The molecule has 2 amide bonds. The summed E-state index contributed by atoms with van der Waals surface area (Å²) in [5.41, 5.74) is 0.0510. The standard InChI is InChI=1S/C18H25N3O7/c1-13(22)28-20(12-10-14-5-7-15(8-6-14)21(25)26)16(23)9-11-19-17(24)27-18(2,3)4/h5-8H,9-12H2,1-4H3,(H,19,24). The fourth-order valence-corrected chi connectivity index (χ4v) is 2.10. The molecular weight excluding hydrogens is 370 g/mol. The van der Waals surface area contributed by atoms with Crippen LogP contribution in [0.15, 0.2) is 24.3 Å². The molecule has 0 aliphatic rings. The van der Waals surface area contributed by atoms with Gasteiger partial charge in [0.25, 0.3) is 11.6 Å². The van der Waals surface area contributed by atoms with Crippen LogP contribution in [-0.4, -0.2) is 46.6 Å². The van der Waals surface area contributed by atoms with Crippen LogP contribution in [0.25, 0.3) is 0 Å². The van der Waals surface area contributed by atoms with Crippen LogP contribution in [0, 0.1) is 10.1 Å². The number of ether oxygens (including phenoxy) is 1. The molecule has 0 aromatic heterocycles. The van der Waals surface area contributed by atoms with Gasteiger partial charge >= 0.3 is 12.1 Å². The Morgan fingerprint density at radius 1 is 1.18 bits per heavy atom. The Morgan fingerprint density at radius 3 is 2.29 bits per heavy atom. The van der Waals surface area contributed by atoms with Crippen LogP contribution in [0.3, 0.4) is 0 Å². The number of nitro benzene ring substituents is 1. The number of nitro groups is 1. The van der Waals surface area contributed by atoms with Crippen molar-refractivity contribution in [1.82, 2.24) is 10.4 Å². The first-order chi connectivity index (χ1) is 13.0. The second-order valence-electron chi connectivity index (χ2n) is 6.93. The highest BCUT2D eigenvalue weighted by atomic mass is 16.7. The second kappa shape index (κ2) is 10.2. The Balaban J connectivity index is 2.56. The molecule has 1 aromatic rings. The molecule has 1 N–H and O–H groups in total. The minimum Gasteiger partial charge on any atom is -0.444 e. The van der Waals surface area contributed by atoms with E-state index in [0.717, 1.165) is 10.6 Å². The van der Waals surface area contributed by atoms with Crippen molar-refractivity contribution >= 4 is 23.7 Å². The number of amides is 2. The molecule has 10 nitrogen and oxygen atoms in total. The van der Waals surface area contributed by atoms with Crippen molar-refractivity contribution in [2.24, 2.45) is 0 Å². The number of hydrogen-bond acceptors (Lipinski definition) is 7. The first kappa shape index (κ1) is 22.9. The topological polar surface area (TPSA) is 128 Å². The van der Waals surface area contributed by atoms with Crippen LogP contribution in [0.5, 0.6) is 0 Å².